The lowest BCUT2D eigenvalue weighted by Crippen LogP contribution is -2.49. The summed E-state index contributed by atoms with van der Waals surface area (Å²) in [6, 6.07) is 1.93. The summed E-state index contributed by atoms with van der Waals surface area (Å²) in [5, 5.41) is 3.42. The number of aromatic nitrogens is 2. The molecule has 1 N–H and O–H groups in total. The number of carbonyl (C=O) groups is 1. The highest BCUT2D eigenvalue weighted by molar-refractivity contribution is 6.17. The molecule has 0 atom stereocenters. The van der Waals surface area contributed by atoms with Gasteiger partial charge in [0.2, 0.25) is 0 Å². The van der Waals surface area contributed by atoms with Crippen molar-refractivity contribution in [3.05, 3.63) is 23.3 Å². The van der Waals surface area contributed by atoms with Crippen molar-refractivity contribution in [2.75, 3.05) is 0 Å². The van der Waals surface area contributed by atoms with Gasteiger partial charge in [-0.1, -0.05) is 84.5 Å². The summed E-state index contributed by atoms with van der Waals surface area (Å²) in [6.45, 7) is 4.30. The van der Waals surface area contributed by atoms with E-state index in [0.717, 1.165) is 37.2 Å². The summed E-state index contributed by atoms with van der Waals surface area (Å²) in [6.07, 6.45) is 18.7. The summed E-state index contributed by atoms with van der Waals surface area (Å²) in [5.41, 5.74) is 1.44. The van der Waals surface area contributed by atoms with Gasteiger partial charge in [-0.3, -0.25) is 4.79 Å². The molecule has 166 valence electrons. The minimum atomic E-state index is -0.132. The van der Waals surface area contributed by atoms with Crippen LogP contribution in [0.3, 0.4) is 0 Å². The highest BCUT2D eigenvalue weighted by atomic mass is 16.2. The van der Waals surface area contributed by atoms with E-state index in [1.54, 1.807) is 0 Å². The number of nitrogens with zero attached hydrogens (tertiary/aromatic N) is 2. The van der Waals surface area contributed by atoms with Gasteiger partial charge in [-0.15, -0.1) is 0 Å². The molecule has 2 fully saturated rings. The smallest absolute Gasteiger partial charge is 0.269 e. The number of amides is 1. The van der Waals surface area contributed by atoms with E-state index in [1.807, 2.05) is 6.07 Å². The number of carbonyl (C=O) groups excluding carboxylic acids is 1. The van der Waals surface area contributed by atoms with Crippen molar-refractivity contribution in [1.29, 1.82) is 0 Å². The van der Waals surface area contributed by atoms with E-state index in [1.165, 1.54) is 70.6 Å². The second-order valence-electron chi connectivity index (χ2n) is 10.4. The second-order valence-corrected chi connectivity index (χ2v) is 10.4. The van der Waals surface area contributed by atoms with Gasteiger partial charge in [0.15, 0.2) is 0 Å². The molecular formula is C25H42BN3O. The van der Waals surface area contributed by atoms with E-state index in [0.29, 0.717) is 17.5 Å². The van der Waals surface area contributed by atoms with Crippen LogP contribution in [0.2, 0.25) is 0 Å². The molecule has 1 aromatic rings. The van der Waals surface area contributed by atoms with Crippen LogP contribution in [0.4, 0.5) is 0 Å². The van der Waals surface area contributed by atoms with E-state index >= 15 is 0 Å². The molecule has 0 aliphatic heterocycles. The van der Waals surface area contributed by atoms with Crippen molar-refractivity contribution >= 4 is 13.8 Å². The Labute approximate surface area is 184 Å². The van der Waals surface area contributed by atoms with Crippen LogP contribution in [0.15, 0.2) is 6.07 Å². The number of hydrogen-bond donors (Lipinski definition) is 1. The van der Waals surface area contributed by atoms with Crippen LogP contribution in [0.25, 0.3) is 0 Å². The fourth-order valence-corrected chi connectivity index (χ4v) is 5.12. The third-order valence-electron chi connectivity index (χ3n) is 7.18. The first-order valence-corrected chi connectivity index (χ1v) is 12.7. The summed E-state index contributed by atoms with van der Waals surface area (Å²) in [4.78, 5) is 22.9. The molecule has 1 aromatic heterocycles. The van der Waals surface area contributed by atoms with E-state index in [2.05, 4.69) is 27.0 Å². The molecule has 0 radical (unpaired) electrons. The average molecular weight is 411 g/mol. The van der Waals surface area contributed by atoms with Crippen LogP contribution >= 0.6 is 0 Å². The molecule has 0 aromatic carbocycles. The first-order valence-electron chi connectivity index (χ1n) is 12.7. The molecule has 2 saturated carbocycles. The Morgan fingerprint density at radius 1 is 0.933 bits per heavy atom. The molecule has 0 saturated heterocycles. The van der Waals surface area contributed by atoms with E-state index in [-0.39, 0.29) is 11.3 Å². The Bertz CT molecular complexity index is 673. The topological polar surface area (TPSA) is 54.9 Å². The van der Waals surface area contributed by atoms with Gasteiger partial charge >= 0.3 is 0 Å². The zero-order valence-electron chi connectivity index (χ0n) is 19.6. The second kappa shape index (κ2) is 11.3. The average Bonchev–Trinajstić information content (AvgIpc) is 3.25. The van der Waals surface area contributed by atoms with Gasteiger partial charge in [0.05, 0.1) is 0 Å². The molecule has 1 heterocycles. The molecule has 5 heteroatoms. The fourth-order valence-electron chi connectivity index (χ4n) is 5.12. The van der Waals surface area contributed by atoms with Crippen molar-refractivity contribution in [2.45, 2.75) is 127 Å². The molecule has 2 aliphatic carbocycles. The molecule has 3 rings (SSSR count). The van der Waals surface area contributed by atoms with Crippen LogP contribution < -0.4 is 5.32 Å². The molecular weight excluding hydrogens is 369 g/mol. The SMILES string of the molecule is BC1(NC(=O)c2cc(C(C)C)nc(C3CCCC3)n2)CCCCCCCCCCC1. The minimum Gasteiger partial charge on any atom is -0.353 e. The van der Waals surface area contributed by atoms with E-state index in [9.17, 15) is 4.79 Å². The van der Waals surface area contributed by atoms with Crippen LogP contribution in [0, 0.1) is 0 Å². The zero-order chi connectivity index (χ0) is 21.4. The van der Waals surface area contributed by atoms with Crippen molar-refractivity contribution in [1.82, 2.24) is 15.3 Å². The maximum Gasteiger partial charge on any atom is 0.269 e. The Hall–Kier alpha value is -1.39. The molecule has 2 aliphatic rings. The normalized spacial score (nSPS) is 21.7. The number of rotatable bonds is 4. The monoisotopic (exact) mass is 411 g/mol. The summed E-state index contributed by atoms with van der Waals surface area (Å²) >= 11 is 0. The van der Waals surface area contributed by atoms with Gasteiger partial charge in [0, 0.05) is 17.1 Å². The zero-order valence-corrected chi connectivity index (χ0v) is 19.6. The maximum atomic E-state index is 13.3. The Morgan fingerprint density at radius 3 is 2.00 bits per heavy atom. The molecule has 4 nitrogen and oxygen atoms in total. The van der Waals surface area contributed by atoms with Crippen molar-refractivity contribution in [2.24, 2.45) is 0 Å². The lowest BCUT2D eigenvalue weighted by atomic mass is 9.70. The van der Waals surface area contributed by atoms with Gasteiger partial charge in [0.25, 0.3) is 5.91 Å². The first kappa shape index (κ1) is 23.3. The number of nitrogens with one attached hydrogen (secondary N) is 1. The molecule has 0 unspecified atom stereocenters. The van der Waals surface area contributed by atoms with Crippen molar-refractivity contribution in [3.8, 4) is 0 Å². The summed E-state index contributed by atoms with van der Waals surface area (Å²) in [5.74, 6) is 1.62. The van der Waals surface area contributed by atoms with Gasteiger partial charge in [-0.05, 0) is 37.7 Å². The molecule has 30 heavy (non-hydrogen) atoms. The fraction of sp³-hybridized carbons (Fsp3) is 0.800. The van der Waals surface area contributed by atoms with Crippen LogP contribution in [-0.2, 0) is 0 Å². The third-order valence-corrected chi connectivity index (χ3v) is 7.18. The van der Waals surface area contributed by atoms with E-state index < -0.39 is 0 Å². The summed E-state index contributed by atoms with van der Waals surface area (Å²) < 4.78 is 0. The lowest BCUT2D eigenvalue weighted by molar-refractivity contribution is 0.0913. The van der Waals surface area contributed by atoms with Gasteiger partial charge < -0.3 is 5.32 Å². The standard InChI is InChI=1S/C25H42BN3O/c1-19(2)21-18-22(28-23(27-21)20-14-10-11-15-20)24(30)29-25(26)16-12-8-6-4-3-5-7-9-13-17-25/h18-20H,3-17,26H2,1-2H3,(H,29,30). The third kappa shape index (κ3) is 6.82. The largest absolute Gasteiger partial charge is 0.353 e. The van der Waals surface area contributed by atoms with Crippen molar-refractivity contribution < 1.29 is 4.79 Å². The molecule has 0 bridgehead atoms. The Morgan fingerprint density at radius 2 is 1.47 bits per heavy atom. The lowest BCUT2D eigenvalue weighted by Gasteiger charge is -2.32. The molecule has 0 spiro atoms. The minimum absolute atomic E-state index is 0.00635. The van der Waals surface area contributed by atoms with Gasteiger partial charge in [-0.25, -0.2) is 9.97 Å². The van der Waals surface area contributed by atoms with Crippen LogP contribution in [-0.4, -0.2) is 29.2 Å². The van der Waals surface area contributed by atoms with Gasteiger partial charge in [0.1, 0.15) is 19.4 Å². The summed E-state index contributed by atoms with van der Waals surface area (Å²) in [7, 11) is 2.25. The highest BCUT2D eigenvalue weighted by Crippen LogP contribution is 2.33. The molecule has 1 amide bonds. The van der Waals surface area contributed by atoms with Crippen LogP contribution in [0.5, 0.6) is 0 Å². The Balaban J connectivity index is 1.74. The quantitative estimate of drug-likeness (QED) is 0.654. The predicted octanol–water partition coefficient (Wildman–Crippen LogP) is 5.62. The highest BCUT2D eigenvalue weighted by Gasteiger charge is 2.28. The van der Waals surface area contributed by atoms with E-state index in [4.69, 9.17) is 9.97 Å². The van der Waals surface area contributed by atoms with Gasteiger partial charge in [-0.2, -0.15) is 0 Å². The number of hydrogen-bond acceptors (Lipinski definition) is 3. The first-order chi connectivity index (χ1) is 14.5. The maximum absolute atomic E-state index is 13.3. The van der Waals surface area contributed by atoms with Crippen molar-refractivity contribution in [3.63, 3.8) is 0 Å². The Kier molecular flexibility index (Phi) is 8.77. The van der Waals surface area contributed by atoms with Crippen LogP contribution in [0.1, 0.15) is 144 Å². The predicted molar refractivity (Wildman–Crippen MR) is 127 cm³/mol.